The van der Waals surface area contributed by atoms with E-state index in [1.807, 2.05) is 0 Å². The van der Waals surface area contributed by atoms with Crippen molar-refractivity contribution in [2.75, 3.05) is 19.8 Å². The van der Waals surface area contributed by atoms with Crippen LogP contribution in [0.15, 0.2) is 0 Å². The molecule has 15 heavy (non-hydrogen) atoms. The summed E-state index contributed by atoms with van der Waals surface area (Å²) in [6, 6.07) is 0. The van der Waals surface area contributed by atoms with Gasteiger partial charge in [-0.2, -0.15) is 0 Å². The summed E-state index contributed by atoms with van der Waals surface area (Å²) in [7, 11) is 0. The van der Waals surface area contributed by atoms with Gasteiger partial charge in [-0.05, 0) is 44.6 Å². The highest BCUT2D eigenvalue weighted by atomic mass is 16.5. The van der Waals surface area contributed by atoms with E-state index in [-0.39, 0.29) is 12.1 Å². The van der Waals surface area contributed by atoms with Crippen LogP contribution in [0.25, 0.3) is 0 Å². The molecule has 0 heterocycles. The molecule has 0 aromatic heterocycles. The second-order valence-corrected chi connectivity index (χ2v) is 4.98. The lowest BCUT2D eigenvalue weighted by atomic mass is 9.93. The Morgan fingerprint density at radius 3 is 2.47 bits per heavy atom. The zero-order chi connectivity index (χ0) is 10.7. The van der Waals surface area contributed by atoms with Gasteiger partial charge >= 0.3 is 0 Å². The van der Waals surface area contributed by atoms with E-state index >= 15 is 0 Å². The molecule has 0 amide bonds. The molecule has 2 aliphatic rings. The lowest BCUT2D eigenvalue weighted by Gasteiger charge is -2.36. The normalized spacial score (nSPS) is 26.0. The average molecular weight is 213 g/mol. The van der Waals surface area contributed by atoms with Crippen LogP contribution in [0.1, 0.15) is 39.0 Å². The molecule has 0 spiro atoms. The molecule has 88 valence electrons. The summed E-state index contributed by atoms with van der Waals surface area (Å²) in [5.41, 5.74) is -0.148. The highest BCUT2D eigenvalue weighted by Gasteiger charge is 2.45. The van der Waals surface area contributed by atoms with Gasteiger partial charge in [0, 0.05) is 0 Å². The third kappa shape index (κ3) is 2.52. The van der Waals surface area contributed by atoms with Gasteiger partial charge in [-0.1, -0.05) is 6.92 Å². The van der Waals surface area contributed by atoms with Gasteiger partial charge in [-0.25, -0.2) is 0 Å². The Morgan fingerprint density at radius 1 is 1.33 bits per heavy atom. The summed E-state index contributed by atoms with van der Waals surface area (Å²) in [6.45, 7) is 3.89. The zero-order valence-electron chi connectivity index (χ0n) is 9.67. The van der Waals surface area contributed by atoms with Crippen molar-refractivity contribution >= 4 is 0 Å². The molecule has 2 fully saturated rings. The molecule has 2 saturated carbocycles. The quantitative estimate of drug-likeness (QED) is 0.670. The highest BCUT2D eigenvalue weighted by molar-refractivity contribution is 5.01. The first-order valence-corrected chi connectivity index (χ1v) is 6.28. The maximum absolute atomic E-state index is 9.58. The smallest absolute Gasteiger partial charge is 0.0679 e. The zero-order valence-corrected chi connectivity index (χ0v) is 9.67. The Kier molecular flexibility index (Phi) is 3.65. The van der Waals surface area contributed by atoms with Gasteiger partial charge in [0.25, 0.3) is 0 Å². The number of aliphatic hydroxyl groups is 1. The fourth-order valence-corrected chi connectivity index (χ4v) is 2.34. The topological polar surface area (TPSA) is 41.5 Å². The minimum absolute atomic E-state index is 0.148. The first-order chi connectivity index (χ1) is 7.30. The standard InChI is InChI=1S/C12H23NO2/c1-2-13-12(8-14,10-6-7-10)9-15-11-4-3-5-11/h10-11,13-14H,2-9H2,1H3. The van der Waals surface area contributed by atoms with Crippen LogP contribution in [0.2, 0.25) is 0 Å². The Labute approximate surface area is 92.2 Å². The number of ether oxygens (including phenoxy) is 1. The van der Waals surface area contributed by atoms with Crippen molar-refractivity contribution in [2.24, 2.45) is 5.92 Å². The molecule has 1 atom stereocenters. The van der Waals surface area contributed by atoms with Crippen LogP contribution in [0.3, 0.4) is 0 Å². The molecule has 1 unspecified atom stereocenters. The lowest BCUT2D eigenvalue weighted by molar-refractivity contribution is -0.0480. The van der Waals surface area contributed by atoms with Gasteiger partial charge < -0.3 is 15.2 Å². The predicted molar refractivity (Wildman–Crippen MR) is 59.8 cm³/mol. The van der Waals surface area contributed by atoms with Gasteiger partial charge in [-0.3, -0.25) is 0 Å². The molecule has 0 aromatic carbocycles. The van der Waals surface area contributed by atoms with Crippen LogP contribution in [0, 0.1) is 5.92 Å². The molecular formula is C12H23NO2. The van der Waals surface area contributed by atoms with Gasteiger partial charge in [0.05, 0.1) is 24.9 Å². The molecule has 0 aliphatic heterocycles. The van der Waals surface area contributed by atoms with Crippen molar-refractivity contribution in [3.63, 3.8) is 0 Å². The molecular weight excluding hydrogens is 190 g/mol. The minimum atomic E-state index is -0.148. The van der Waals surface area contributed by atoms with Gasteiger partial charge in [0.15, 0.2) is 0 Å². The van der Waals surface area contributed by atoms with Crippen LogP contribution in [-0.4, -0.2) is 36.5 Å². The van der Waals surface area contributed by atoms with E-state index in [4.69, 9.17) is 4.74 Å². The van der Waals surface area contributed by atoms with Gasteiger partial charge in [0.2, 0.25) is 0 Å². The van der Waals surface area contributed by atoms with E-state index in [0.29, 0.717) is 18.6 Å². The van der Waals surface area contributed by atoms with E-state index in [9.17, 15) is 5.11 Å². The van der Waals surface area contributed by atoms with E-state index < -0.39 is 0 Å². The number of likely N-dealkylation sites (N-methyl/N-ethyl adjacent to an activating group) is 1. The Morgan fingerprint density at radius 2 is 2.07 bits per heavy atom. The van der Waals surface area contributed by atoms with Crippen molar-refractivity contribution in [2.45, 2.75) is 50.7 Å². The van der Waals surface area contributed by atoms with Crippen LogP contribution in [0.4, 0.5) is 0 Å². The molecule has 2 aliphatic carbocycles. The molecule has 2 rings (SSSR count). The maximum Gasteiger partial charge on any atom is 0.0679 e. The monoisotopic (exact) mass is 213 g/mol. The van der Waals surface area contributed by atoms with Crippen LogP contribution in [-0.2, 0) is 4.74 Å². The molecule has 0 saturated heterocycles. The van der Waals surface area contributed by atoms with Crippen molar-refractivity contribution < 1.29 is 9.84 Å². The average Bonchev–Trinajstić information content (AvgIpc) is 2.97. The van der Waals surface area contributed by atoms with Crippen LogP contribution in [0.5, 0.6) is 0 Å². The number of hydrogen-bond acceptors (Lipinski definition) is 3. The molecule has 3 heteroatoms. The van der Waals surface area contributed by atoms with E-state index in [1.54, 1.807) is 0 Å². The van der Waals surface area contributed by atoms with Crippen LogP contribution >= 0.6 is 0 Å². The second-order valence-electron chi connectivity index (χ2n) is 4.98. The first-order valence-electron chi connectivity index (χ1n) is 6.28. The van der Waals surface area contributed by atoms with Crippen molar-refractivity contribution in [3.8, 4) is 0 Å². The maximum atomic E-state index is 9.58. The SMILES string of the molecule is CCNC(CO)(COC1CCC1)C1CC1. The third-order valence-electron chi connectivity index (χ3n) is 3.80. The molecule has 0 radical (unpaired) electrons. The third-order valence-corrected chi connectivity index (χ3v) is 3.80. The van der Waals surface area contributed by atoms with E-state index in [0.717, 1.165) is 6.54 Å². The largest absolute Gasteiger partial charge is 0.394 e. The van der Waals surface area contributed by atoms with Crippen molar-refractivity contribution in [1.29, 1.82) is 0 Å². The number of nitrogens with one attached hydrogen (secondary N) is 1. The summed E-state index contributed by atoms with van der Waals surface area (Å²) in [5.74, 6) is 0.627. The molecule has 3 nitrogen and oxygen atoms in total. The predicted octanol–water partition coefficient (Wildman–Crippen LogP) is 1.31. The van der Waals surface area contributed by atoms with E-state index in [2.05, 4.69) is 12.2 Å². The second kappa shape index (κ2) is 4.81. The molecule has 2 N–H and O–H groups in total. The highest BCUT2D eigenvalue weighted by Crippen LogP contribution is 2.40. The van der Waals surface area contributed by atoms with Gasteiger partial charge in [0.1, 0.15) is 0 Å². The Balaban J connectivity index is 1.84. The summed E-state index contributed by atoms with van der Waals surface area (Å²) >= 11 is 0. The summed E-state index contributed by atoms with van der Waals surface area (Å²) in [4.78, 5) is 0. The summed E-state index contributed by atoms with van der Waals surface area (Å²) in [6.07, 6.45) is 6.66. The number of hydrogen-bond donors (Lipinski definition) is 2. The van der Waals surface area contributed by atoms with Crippen molar-refractivity contribution in [3.05, 3.63) is 0 Å². The molecule has 0 aromatic rings. The lowest BCUT2D eigenvalue weighted by Crippen LogP contribution is -2.55. The first kappa shape index (κ1) is 11.4. The fourth-order valence-electron chi connectivity index (χ4n) is 2.34. The summed E-state index contributed by atoms with van der Waals surface area (Å²) < 4.78 is 5.87. The van der Waals surface area contributed by atoms with Gasteiger partial charge in [-0.15, -0.1) is 0 Å². The van der Waals surface area contributed by atoms with Crippen molar-refractivity contribution in [1.82, 2.24) is 5.32 Å². The Bertz CT molecular complexity index is 202. The summed E-state index contributed by atoms with van der Waals surface area (Å²) in [5, 5.41) is 13.0. The minimum Gasteiger partial charge on any atom is -0.394 e. The van der Waals surface area contributed by atoms with Crippen LogP contribution < -0.4 is 5.32 Å². The number of aliphatic hydroxyl groups excluding tert-OH is 1. The van der Waals surface area contributed by atoms with E-state index in [1.165, 1.54) is 32.1 Å². The fraction of sp³-hybridized carbons (Fsp3) is 1.00. The Hall–Kier alpha value is -0.120. The molecule has 0 bridgehead atoms. The number of rotatable bonds is 7.